The molecule has 2 rings (SSSR count). The summed E-state index contributed by atoms with van der Waals surface area (Å²) < 4.78 is 0. The summed E-state index contributed by atoms with van der Waals surface area (Å²) in [6.07, 6.45) is 7.03. The summed E-state index contributed by atoms with van der Waals surface area (Å²) in [5.41, 5.74) is 2.37. The fraction of sp³-hybridized carbons (Fsp3) is 0.357. The van der Waals surface area contributed by atoms with Gasteiger partial charge in [0.25, 0.3) is 0 Å². The third-order valence-electron chi connectivity index (χ3n) is 2.54. The number of hydrogen-bond acceptors (Lipinski definition) is 5. The van der Waals surface area contributed by atoms with Crippen molar-refractivity contribution in [2.75, 3.05) is 0 Å². The van der Waals surface area contributed by atoms with Crippen molar-refractivity contribution in [1.82, 2.24) is 20.3 Å². The number of hydrogen-bond donors (Lipinski definition) is 1. The van der Waals surface area contributed by atoms with E-state index in [1.54, 1.807) is 30.4 Å². The lowest BCUT2D eigenvalue weighted by molar-refractivity contribution is 0.587. The first-order chi connectivity index (χ1) is 9.15. The molecule has 4 nitrogen and oxygen atoms in total. The van der Waals surface area contributed by atoms with Crippen molar-refractivity contribution in [3.63, 3.8) is 0 Å². The third-order valence-corrected chi connectivity index (χ3v) is 3.58. The maximum atomic E-state index is 4.51. The van der Waals surface area contributed by atoms with Gasteiger partial charge < -0.3 is 5.32 Å². The predicted octanol–water partition coefficient (Wildman–Crippen LogP) is 2.83. The highest BCUT2D eigenvalue weighted by Crippen LogP contribution is 2.26. The fourth-order valence-corrected chi connectivity index (χ4v) is 2.33. The van der Waals surface area contributed by atoms with Crippen LogP contribution in [0.3, 0.4) is 0 Å². The molecule has 0 atom stereocenters. The van der Waals surface area contributed by atoms with Gasteiger partial charge in [-0.3, -0.25) is 4.98 Å². The van der Waals surface area contributed by atoms with E-state index in [9.17, 15) is 0 Å². The maximum Gasteiger partial charge on any atom is 0.121 e. The standard InChI is InChI=1S/C14H18N4S/c1-10(2)17-7-12-6-11(3)14(18-8-12)19-13-9-15-4-5-16-13/h4-6,8-10,17H,7H2,1-3H3. The minimum atomic E-state index is 0.481. The number of nitrogens with one attached hydrogen (secondary N) is 1. The molecule has 0 aromatic carbocycles. The number of aromatic nitrogens is 3. The molecule has 19 heavy (non-hydrogen) atoms. The lowest BCUT2D eigenvalue weighted by Gasteiger charge is -2.10. The van der Waals surface area contributed by atoms with Crippen LogP contribution in [0.15, 0.2) is 40.9 Å². The Balaban J connectivity index is 2.07. The molecule has 2 heterocycles. The third kappa shape index (κ3) is 4.29. The van der Waals surface area contributed by atoms with Crippen LogP contribution in [0.25, 0.3) is 0 Å². The van der Waals surface area contributed by atoms with Crippen LogP contribution in [0.4, 0.5) is 0 Å². The molecular formula is C14H18N4S. The Labute approximate surface area is 118 Å². The van der Waals surface area contributed by atoms with Crippen molar-refractivity contribution >= 4 is 11.8 Å². The van der Waals surface area contributed by atoms with Crippen molar-refractivity contribution in [2.45, 2.75) is 43.4 Å². The van der Waals surface area contributed by atoms with Gasteiger partial charge in [0.1, 0.15) is 10.1 Å². The highest BCUT2D eigenvalue weighted by atomic mass is 32.2. The fourth-order valence-electron chi connectivity index (χ4n) is 1.58. The Hall–Kier alpha value is -1.46. The van der Waals surface area contributed by atoms with Crippen molar-refractivity contribution in [3.8, 4) is 0 Å². The van der Waals surface area contributed by atoms with Crippen molar-refractivity contribution < 1.29 is 0 Å². The molecule has 5 heteroatoms. The summed E-state index contributed by atoms with van der Waals surface area (Å²) in [6.45, 7) is 7.20. The van der Waals surface area contributed by atoms with Crippen LogP contribution in [-0.4, -0.2) is 21.0 Å². The molecule has 0 unspecified atom stereocenters. The van der Waals surface area contributed by atoms with Crippen LogP contribution in [0, 0.1) is 6.92 Å². The van der Waals surface area contributed by atoms with Crippen molar-refractivity contribution in [1.29, 1.82) is 0 Å². The molecule has 0 amide bonds. The predicted molar refractivity (Wildman–Crippen MR) is 77.1 cm³/mol. The monoisotopic (exact) mass is 274 g/mol. The highest BCUT2D eigenvalue weighted by molar-refractivity contribution is 7.99. The number of nitrogens with zero attached hydrogens (tertiary/aromatic N) is 3. The second-order valence-electron chi connectivity index (χ2n) is 4.65. The molecule has 2 aromatic heterocycles. The molecule has 0 aliphatic heterocycles. The summed E-state index contributed by atoms with van der Waals surface area (Å²) >= 11 is 1.54. The molecule has 2 aromatic rings. The molecule has 0 aliphatic carbocycles. The average molecular weight is 274 g/mol. The number of rotatable bonds is 5. The van der Waals surface area contributed by atoms with Gasteiger partial charge in [0.15, 0.2) is 0 Å². The van der Waals surface area contributed by atoms with E-state index in [1.807, 2.05) is 6.20 Å². The Morgan fingerprint density at radius 2 is 2.05 bits per heavy atom. The molecule has 0 saturated heterocycles. The van der Waals surface area contributed by atoms with Crippen LogP contribution in [0.1, 0.15) is 25.0 Å². The lowest BCUT2D eigenvalue weighted by atomic mass is 10.2. The van der Waals surface area contributed by atoms with Gasteiger partial charge in [-0.1, -0.05) is 19.9 Å². The first-order valence-electron chi connectivity index (χ1n) is 6.28. The molecule has 0 fully saturated rings. The zero-order chi connectivity index (χ0) is 13.7. The minimum absolute atomic E-state index is 0.481. The Kier molecular flexibility index (Phi) is 4.87. The molecule has 0 bridgehead atoms. The van der Waals surface area contributed by atoms with Gasteiger partial charge in [0, 0.05) is 31.2 Å². The largest absolute Gasteiger partial charge is 0.310 e. The zero-order valence-corrected chi connectivity index (χ0v) is 12.2. The van der Waals surface area contributed by atoms with Gasteiger partial charge in [-0.25, -0.2) is 9.97 Å². The van der Waals surface area contributed by atoms with E-state index in [0.29, 0.717) is 6.04 Å². The van der Waals surface area contributed by atoms with Crippen LogP contribution in [0.5, 0.6) is 0 Å². The minimum Gasteiger partial charge on any atom is -0.310 e. The number of aryl methyl sites for hydroxylation is 1. The van der Waals surface area contributed by atoms with Gasteiger partial charge in [-0.05, 0) is 29.8 Å². The molecular weight excluding hydrogens is 256 g/mol. The van der Waals surface area contributed by atoms with Gasteiger partial charge >= 0.3 is 0 Å². The van der Waals surface area contributed by atoms with Crippen LogP contribution in [0.2, 0.25) is 0 Å². The van der Waals surface area contributed by atoms with E-state index >= 15 is 0 Å². The van der Waals surface area contributed by atoms with E-state index in [2.05, 4.69) is 47.1 Å². The van der Waals surface area contributed by atoms with E-state index in [1.165, 1.54) is 11.1 Å². The number of pyridine rings is 1. The van der Waals surface area contributed by atoms with Gasteiger partial charge in [-0.15, -0.1) is 0 Å². The Morgan fingerprint density at radius 3 is 2.68 bits per heavy atom. The lowest BCUT2D eigenvalue weighted by Crippen LogP contribution is -2.21. The SMILES string of the molecule is Cc1cc(CNC(C)C)cnc1Sc1cnccn1. The summed E-state index contributed by atoms with van der Waals surface area (Å²) in [4.78, 5) is 12.8. The highest BCUT2D eigenvalue weighted by Gasteiger charge is 2.05. The molecule has 100 valence electrons. The normalized spacial score (nSPS) is 10.9. The molecule has 0 saturated carbocycles. The van der Waals surface area contributed by atoms with Crippen LogP contribution in [-0.2, 0) is 6.54 Å². The van der Waals surface area contributed by atoms with Gasteiger partial charge in [0.05, 0.1) is 6.20 Å². The Morgan fingerprint density at radius 1 is 1.21 bits per heavy atom. The maximum absolute atomic E-state index is 4.51. The van der Waals surface area contributed by atoms with Gasteiger partial charge in [-0.2, -0.15) is 0 Å². The first-order valence-corrected chi connectivity index (χ1v) is 7.09. The average Bonchev–Trinajstić information content (AvgIpc) is 2.40. The second-order valence-corrected chi connectivity index (χ2v) is 5.66. The summed E-state index contributed by atoms with van der Waals surface area (Å²) in [5.74, 6) is 0. The van der Waals surface area contributed by atoms with E-state index < -0.39 is 0 Å². The molecule has 0 aliphatic rings. The topological polar surface area (TPSA) is 50.7 Å². The Bertz CT molecular complexity index is 528. The van der Waals surface area contributed by atoms with Crippen LogP contribution >= 0.6 is 11.8 Å². The summed E-state index contributed by atoms with van der Waals surface area (Å²) in [7, 11) is 0. The summed E-state index contributed by atoms with van der Waals surface area (Å²) in [6, 6.07) is 2.65. The molecule has 0 spiro atoms. The van der Waals surface area contributed by atoms with E-state index in [4.69, 9.17) is 0 Å². The van der Waals surface area contributed by atoms with E-state index in [0.717, 1.165) is 16.6 Å². The quantitative estimate of drug-likeness (QED) is 0.908. The summed E-state index contributed by atoms with van der Waals surface area (Å²) in [5, 5.41) is 5.24. The zero-order valence-electron chi connectivity index (χ0n) is 11.4. The first kappa shape index (κ1) is 14.0. The van der Waals surface area contributed by atoms with Gasteiger partial charge in [0.2, 0.25) is 0 Å². The van der Waals surface area contributed by atoms with Crippen LogP contribution < -0.4 is 5.32 Å². The molecule has 1 N–H and O–H groups in total. The van der Waals surface area contributed by atoms with Crippen molar-refractivity contribution in [3.05, 3.63) is 42.0 Å². The van der Waals surface area contributed by atoms with E-state index in [-0.39, 0.29) is 0 Å². The smallest absolute Gasteiger partial charge is 0.121 e. The van der Waals surface area contributed by atoms with Crippen molar-refractivity contribution in [2.24, 2.45) is 0 Å². The second kappa shape index (κ2) is 6.63. The molecule has 0 radical (unpaired) electrons.